The average molecular weight is 457 g/mol. The van der Waals surface area contributed by atoms with Crippen LogP contribution >= 0.6 is 0 Å². The smallest absolute Gasteiger partial charge is 0.180 e. The minimum atomic E-state index is -0.0442. The molecule has 34 heavy (non-hydrogen) atoms. The summed E-state index contributed by atoms with van der Waals surface area (Å²) >= 11 is 0. The van der Waals surface area contributed by atoms with E-state index in [0.717, 1.165) is 41.9 Å². The number of hydrazone groups is 1. The quantitative estimate of drug-likeness (QED) is 0.514. The minimum absolute atomic E-state index is 0.000510. The summed E-state index contributed by atoms with van der Waals surface area (Å²) in [5.74, 6) is -0.0437. The lowest BCUT2D eigenvalue weighted by molar-refractivity contribution is -0.111. The fourth-order valence-electron chi connectivity index (χ4n) is 5.01. The van der Waals surface area contributed by atoms with Gasteiger partial charge in [-0.1, -0.05) is 37.4 Å². The van der Waals surface area contributed by atoms with Crippen LogP contribution in [-0.2, 0) is 4.79 Å². The Bertz CT molecular complexity index is 1120. The van der Waals surface area contributed by atoms with Crippen LogP contribution in [0.5, 0.6) is 0 Å². The van der Waals surface area contributed by atoms with Crippen molar-refractivity contribution in [3.05, 3.63) is 77.0 Å². The van der Waals surface area contributed by atoms with E-state index in [-0.39, 0.29) is 17.7 Å². The molecule has 178 valence electrons. The molecule has 5 heteroatoms. The van der Waals surface area contributed by atoms with Crippen molar-refractivity contribution in [2.24, 2.45) is 11.0 Å². The normalized spacial score (nSPS) is 21.0. The summed E-state index contributed by atoms with van der Waals surface area (Å²) in [6.45, 7) is 17.9. The third-order valence-corrected chi connectivity index (χ3v) is 7.08. The molecule has 0 saturated heterocycles. The Balaban J connectivity index is 1.83. The van der Waals surface area contributed by atoms with E-state index < -0.39 is 0 Å². The number of nitrogens with one attached hydrogen (secondary N) is 1. The molecule has 1 aromatic rings. The van der Waals surface area contributed by atoms with Crippen molar-refractivity contribution in [3.8, 4) is 6.07 Å². The molecule has 0 bridgehead atoms. The Kier molecular flexibility index (Phi) is 8.41. The fraction of sp³-hybridized carbons (Fsp3) is 0.414. The topological polar surface area (TPSA) is 68.5 Å². The summed E-state index contributed by atoms with van der Waals surface area (Å²) in [4.78, 5) is 14.7. The Morgan fingerprint density at radius 2 is 2.09 bits per heavy atom. The Hall–Kier alpha value is -3.23. The number of nitrogens with zero attached hydrogens (tertiary/aromatic N) is 3. The van der Waals surface area contributed by atoms with Crippen LogP contribution in [0.25, 0.3) is 5.57 Å². The summed E-state index contributed by atoms with van der Waals surface area (Å²) in [6, 6.07) is 8.72. The first kappa shape index (κ1) is 25.4. The molecule has 2 aliphatic rings. The Morgan fingerprint density at radius 3 is 2.79 bits per heavy atom. The van der Waals surface area contributed by atoms with Crippen molar-refractivity contribution in [3.63, 3.8) is 0 Å². The van der Waals surface area contributed by atoms with Gasteiger partial charge in [-0.2, -0.15) is 10.4 Å². The van der Waals surface area contributed by atoms with Gasteiger partial charge >= 0.3 is 0 Å². The molecule has 2 atom stereocenters. The number of nitriles is 1. The minimum Gasteiger partial charge on any atom is -0.291 e. The van der Waals surface area contributed by atoms with Crippen LogP contribution in [0, 0.1) is 31.1 Å². The van der Waals surface area contributed by atoms with E-state index in [0.29, 0.717) is 19.4 Å². The van der Waals surface area contributed by atoms with Crippen LogP contribution in [0.4, 0.5) is 0 Å². The molecular weight excluding hydrogens is 420 g/mol. The van der Waals surface area contributed by atoms with Gasteiger partial charge in [0.2, 0.25) is 0 Å². The average Bonchev–Trinajstić information content (AvgIpc) is 3.03. The van der Waals surface area contributed by atoms with E-state index >= 15 is 0 Å². The van der Waals surface area contributed by atoms with Crippen LogP contribution in [0.1, 0.15) is 56.2 Å². The molecule has 3 rings (SSSR count). The summed E-state index contributed by atoms with van der Waals surface area (Å²) in [5.41, 5.74) is 12.3. The van der Waals surface area contributed by atoms with Crippen molar-refractivity contribution in [2.75, 3.05) is 13.1 Å². The molecule has 2 aliphatic heterocycles. The van der Waals surface area contributed by atoms with E-state index in [9.17, 15) is 10.1 Å². The van der Waals surface area contributed by atoms with Gasteiger partial charge in [0, 0.05) is 31.1 Å². The predicted octanol–water partition coefficient (Wildman–Crippen LogP) is 5.64. The van der Waals surface area contributed by atoms with E-state index in [1.807, 2.05) is 6.08 Å². The highest BCUT2D eigenvalue weighted by Crippen LogP contribution is 2.31. The molecule has 0 radical (unpaired) electrons. The molecule has 1 unspecified atom stereocenters. The molecule has 5 nitrogen and oxygen atoms in total. The number of hydrogen-bond donors (Lipinski definition) is 1. The fourth-order valence-corrected chi connectivity index (χ4v) is 5.01. The molecule has 0 aromatic heterocycles. The predicted molar refractivity (Wildman–Crippen MR) is 140 cm³/mol. The lowest BCUT2D eigenvalue weighted by Gasteiger charge is -2.37. The Morgan fingerprint density at radius 1 is 1.32 bits per heavy atom. The van der Waals surface area contributed by atoms with Gasteiger partial charge in [-0.05, 0) is 86.4 Å². The van der Waals surface area contributed by atoms with Crippen LogP contribution in [-0.4, -0.2) is 35.5 Å². The van der Waals surface area contributed by atoms with Crippen molar-refractivity contribution < 1.29 is 4.79 Å². The van der Waals surface area contributed by atoms with Gasteiger partial charge in [0.1, 0.15) is 0 Å². The second-order valence-corrected chi connectivity index (χ2v) is 9.40. The molecule has 1 aromatic carbocycles. The monoisotopic (exact) mass is 456 g/mol. The molecule has 0 aliphatic carbocycles. The second-order valence-electron chi connectivity index (χ2n) is 9.40. The molecular formula is C29H36N4O. The summed E-state index contributed by atoms with van der Waals surface area (Å²) in [7, 11) is 0. The number of rotatable bonds is 8. The lowest BCUT2D eigenvalue weighted by Crippen LogP contribution is -2.47. The maximum atomic E-state index is 12.4. The number of ketones is 1. The standard InChI is InChI=1S/C29H36N4O/c1-7-28(34)25-14-16-33(18-24(17-25)13-15-30)29-23(6)32-31-22(5)27(29)12-11-20(3)26-10-8-9-19(2)21(26)4/h7-10,17,24,29,31H,1,3,11-14,16,18H2,2,4-6H3/t24-,29?/m1/s1. The van der Waals surface area contributed by atoms with Crippen molar-refractivity contribution in [1.29, 1.82) is 5.26 Å². The van der Waals surface area contributed by atoms with Crippen molar-refractivity contribution in [1.82, 2.24) is 10.3 Å². The molecule has 0 amide bonds. The van der Waals surface area contributed by atoms with Gasteiger partial charge in [0.15, 0.2) is 5.78 Å². The molecule has 0 fully saturated rings. The summed E-state index contributed by atoms with van der Waals surface area (Å²) < 4.78 is 0. The highest BCUT2D eigenvalue weighted by Gasteiger charge is 2.32. The van der Waals surface area contributed by atoms with Crippen molar-refractivity contribution >= 4 is 17.1 Å². The van der Waals surface area contributed by atoms with E-state index in [1.165, 1.54) is 28.3 Å². The van der Waals surface area contributed by atoms with E-state index in [4.69, 9.17) is 0 Å². The number of allylic oxidation sites excluding steroid dienone is 3. The van der Waals surface area contributed by atoms with Gasteiger partial charge < -0.3 is 0 Å². The molecule has 0 spiro atoms. The number of aryl methyl sites for hydroxylation is 1. The highest BCUT2D eigenvalue weighted by molar-refractivity contribution is 6.03. The third-order valence-electron chi connectivity index (χ3n) is 7.08. The summed E-state index contributed by atoms with van der Waals surface area (Å²) in [6.07, 6.45) is 6.11. The number of carbonyl (C=O) groups is 1. The van der Waals surface area contributed by atoms with Gasteiger partial charge in [-0.15, -0.1) is 0 Å². The van der Waals surface area contributed by atoms with Crippen molar-refractivity contribution in [2.45, 2.75) is 59.4 Å². The number of carbonyl (C=O) groups excluding carboxylic acids is 1. The molecule has 2 heterocycles. The Labute approximate surface area is 204 Å². The zero-order valence-corrected chi connectivity index (χ0v) is 20.9. The van der Waals surface area contributed by atoms with Gasteiger partial charge in [0.05, 0.1) is 17.8 Å². The first-order valence-corrected chi connectivity index (χ1v) is 12.0. The first-order valence-electron chi connectivity index (χ1n) is 12.0. The van der Waals surface area contributed by atoms with Gasteiger partial charge in [-0.25, -0.2) is 0 Å². The van der Waals surface area contributed by atoms with E-state index in [2.05, 4.69) is 80.5 Å². The zero-order chi connectivity index (χ0) is 24.8. The van der Waals surface area contributed by atoms with Crippen LogP contribution in [0.3, 0.4) is 0 Å². The summed E-state index contributed by atoms with van der Waals surface area (Å²) in [5, 5.41) is 14.0. The number of hydrogen-bond acceptors (Lipinski definition) is 5. The lowest BCUT2D eigenvalue weighted by atomic mass is 9.89. The third kappa shape index (κ3) is 5.63. The molecule has 1 N–H and O–H groups in total. The largest absolute Gasteiger partial charge is 0.291 e. The maximum Gasteiger partial charge on any atom is 0.180 e. The maximum absolute atomic E-state index is 12.4. The highest BCUT2D eigenvalue weighted by atomic mass is 16.1. The van der Waals surface area contributed by atoms with Gasteiger partial charge in [-0.3, -0.25) is 15.1 Å². The zero-order valence-electron chi connectivity index (χ0n) is 20.9. The first-order chi connectivity index (χ1) is 16.3. The molecule has 0 saturated carbocycles. The SMILES string of the molecule is C=CC(=O)C1=C[C@@H](CC#N)CN(C2C(C)=NNC(C)=C2CCC(=C)c2cccc(C)c2C)CC1. The number of benzene rings is 1. The second kappa shape index (κ2) is 11.3. The van der Waals surface area contributed by atoms with Gasteiger partial charge in [0.25, 0.3) is 0 Å². The van der Waals surface area contributed by atoms with Crippen LogP contribution in [0.2, 0.25) is 0 Å². The van der Waals surface area contributed by atoms with Crippen LogP contribution < -0.4 is 5.43 Å². The van der Waals surface area contributed by atoms with E-state index in [1.54, 1.807) is 0 Å². The van der Waals surface area contributed by atoms with Crippen LogP contribution in [0.15, 0.2) is 65.5 Å².